The number of carbonyl (C=O) groups is 1. The van der Waals surface area contributed by atoms with E-state index >= 15 is 0 Å². The Morgan fingerprint density at radius 2 is 1.72 bits per heavy atom. The van der Waals surface area contributed by atoms with Gasteiger partial charge in [-0.15, -0.1) is 6.42 Å². The Morgan fingerprint density at radius 3 is 2.36 bits per heavy atom. The molecule has 0 radical (unpaired) electrons. The molecule has 0 unspecified atom stereocenters. The number of carbonyl (C=O) groups excluding carboxylic acids is 1. The fourth-order valence-electron chi connectivity index (χ4n) is 2.27. The molecule has 0 aliphatic carbocycles. The van der Waals surface area contributed by atoms with Crippen LogP contribution in [0.15, 0.2) is 70.3 Å². The highest BCUT2D eigenvalue weighted by Gasteiger charge is 2.17. The number of hydrogen-bond acceptors (Lipinski definition) is 4. The van der Waals surface area contributed by atoms with Crippen LogP contribution in [-0.4, -0.2) is 23.2 Å². The van der Waals surface area contributed by atoms with Gasteiger partial charge in [-0.25, -0.2) is 4.98 Å². The Kier molecular flexibility index (Phi) is 5.55. The number of nitrogens with one attached hydrogen (secondary N) is 1. The topological polar surface area (TPSA) is 55.1 Å². The number of hydrogen-bond donors (Lipinski definition) is 1. The highest BCUT2D eigenvalue weighted by molar-refractivity contribution is 7.99. The number of terminal acetylenes is 1. The van der Waals surface area contributed by atoms with E-state index in [4.69, 9.17) is 10.8 Å². The molecule has 0 aliphatic rings. The van der Waals surface area contributed by atoms with Crippen molar-refractivity contribution in [2.75, 3.05) is 12.3 Å². The third-order valence-corrected chi connectivity index (χ3v) is 4.23. The van der Waals surface area contributed by atoms with Crippen LogP contribution >= 0.6 is 11.8 Å². The van der Waals surface area contributed by atoms with Gasteiger partial charge in [0.2, 0.25) is 5.91 Å². The number of oxazole rings is 1. The quantitative estimate of drug-likeness (QED) is 0.543. The van der Waals surface area contributed by atoms with E-state index < -0.39 is 0 Å². The molecule has 25 heavy (non-hydrogen) atoms. The first-order chi connectivity index (χ1) is 12.3. The summed E-state index contributed by atoms with van der Waals surface area (Å²) in [6.07, 6.45) is 5.13. The van der Waals surface area contributed by atoms with Crippen LogP contribution in [0.5, 0.6) is 0 Å². The monoisotopic (exact) mass is 348 g/mol. The zero-order valence-electron chi connectivity index (χ0n) is 13.4. The van der Waals surface area contributed by atoms with Crippen LogP contribution in [0.2, 0.25) is 0 Å². The highest BCUT2D eigenvalue weighted by atomic mass is 32.2. The van der Waals surface area contributed by atoms with Gasteiger partial charge in [-0.3, -0.25) is 4.79 Å². The third-order valence-electron chi connectivity index (χ3n) is 3.41. The molecule has 1 heterocycles. The van der Waals surface area contributed by atoms with Crippen LogP contribution in [0.3, 0.4) is 0 Å². The lowest BCUT2D eigenvalue weighted by atomic mass is 10.1. The molecule has 0 aliphatic heterocycles. The largest absolute Gasteiger partial charge is 0.431 e. The molecule has 0 fully saturated rings. The van der Waals surface area contributed by atoms with Crippen molar-refractivity contribution in [2.45, 2.75) is 5.22 Å². The van der Waals surface area contributed by atoms with Gasteiger partial charge >= 0.3 is 0 Å². The molecule has 0 atom stereocenters. The van der Waals surface area contributed by atoms with Gasteiger partial charge in [-0.05, 0) is 0 Å². The maximum atomic E-state index is 11.7. The minimum atomic E-state index is -0.149. The second kappa shape index (κ2) is 8.22. The van der Waals surface area contributed by atoms with Crippen LogP contribution in [-0.2, 0) is 4.79 Å². The zero-order chi connectivity index (χ0) is 17.5. The summed E-state index contributed by atoms with van der Waals surface area (Å²) in [5.41, 5.74) is 2.67. The van der Waals surface area contributed by atoms with Gasteiger partial charge in [-0.2, -0.15) is 0 Å². The number of aromatic nitrogens is 1. The summed E-state index contributed by atoms with van der Waals surface area (Å²) >= 11 is 1.24. The van der Waals surface area contributed by atoms with Gasteiger partial charge in [0.05, 0.1) is 12.3 Å². The first-order valence-corrected chi connectivity index (χ1v) is 8.71. The predicted octanol–water partition coefficient (Wildman–Crippen LogP) is 3.85. The summed E-state index contributed by atoms with van der Waals surface area (Å²) in [6, 6.07) is 19.6. The number of amides is 1. The molecule has 1 aromatic heterocycles. The fourth-order valence-corrected chi connectivity index (χ4v) is 2.92. The highest BCUT2D eigenvalue weighted by Crippen LogP contribution is 2.35. The molecule has 4 nitrogen and oxygen atoms in total. The van der Waals surface area contributed by atoms with E-state index in [0.717, 1.165) is 16.8 Å². The summed E-state index contributed by atoms with van der Waals surface area (Å²) in [5, 5.41) is 3.07. The van der Waals surface area contributed by atoms with E-state index in [2.05, 4.69) is 16.2 Å². The lowest BCUT2D eigenvalue weighted by Crippen LogP contribution is -2.25. The van der Waals surface area contributed by atoms with E-state index in [1.165, 1.54) is 11.8 Å². The summed E-state index contributed by atoms with van der Waals surface area (Å²) in [5.74, 6) is 3.12. The van der Waals surface area contributed by atoms with Crippen molar-refractivity contribution in [2.24, 2.45) is 0 Å². The second-order valence-corrected chi connectivity index (χ2v) is 6.09. The van der Waals surface area contributed by atoms with Crippen molar-refractivity contribution in [3.05, 3.63) is 60.7 Å². The van der Waals surface area contributed by atoms with Crippen LogP contribution in [0.25, 0.3) is 22.6 Å². The second-order valence-electron chi connectivity index (χ2n) is 5.16. The lowest BCUT2D eigenvalue weighted by Gasteiger charge is -2.00. The van der Waals surface area contributed by atoms with Gasteiger partial charge in [0.15, 0.2) is 5.76 Å². The van der Waals surface area contributed by atoms with E-state index in [1.54, 1.807) is 0 Å². The van der Waals surface area contributed by atoms with E-state index in [-0.39, 0.29) is 18.2 Å². The normalized spacial score (nSPS) is 10.2. The minimum Gasteiger partial charge on any atom is -0.431 e. The Balaban J connectivity index is 1.88. The molecule has 1 N–H and O–H groups in total. The van der Waals surface area contributed by atoms with Crippen LogP contribution in [0.4, 0.5) is 0 Å². The van der Waals surface area contributed by atoms with Gasteiger partial charge in [0, 0.05) is 11.1 Å². The van der Waals surface area contributed by atoms with Gasteiger partial charge in [0.25, 0.3) is 5.22 Å². The number of benzene rings is 2. The van der Waals surface area contributed by atoms with Crippen molar-refractivity contribution in [1.82, 2.24) is 10.3 Å². The maximum Gasteiger partial charge on any atom is 0.257 e. The molecule has 0 bridgehead atoms. The average molecular weight is 348 g/mol. The molecule has 0 saturated heterocycles. The number of thioether (sulfide) groups is 1. The standard InChI is InChI=1S/C20H16N2O2S/c1-2-13-21-17(23)14-25-20-22-18(15-9-5-3-6-10-15)19(24-20)16-11-7-4-8-12-16/h1,3-12H,13-14H2,(H,21,23). The molecule has 124 valence electrons. The lowest BCUT2D eigenvalue weighted by molar-refractivity contribution is -0.118. The summed E-state index contributed by atoms with van der Waals surface area (Å²) in [7, 11) is 0. The minimum absolute atomic E-state index is 0.149. The molecule has 1 amide bonds. The smallest absolute Gasteiger partial charge is 0.257 e. The number of rotatable bonds is 6. The predicted molar refractivity (Wildman–Crippen MR) is 99.9 cm³/mol. The summed E-state index contributed by atoms with van der Waals surface area (Å²) < 4.78 is 5.94. The maximum absolute atomic E-state index is 11.7. The molecule has 5 heteroatoms. The molecular formula is C20H16N2O2S. The molecule has 3 rings (SSSR count). The number of nitrogens with zero attached hydrogens (tertiary/aromatic N) is 1. The van der Waals surface area contributed by atoms with Crippen LogP contribution < -0.4 is 5.32 Å². The Labute approximate surface area is 150 Å². The molecular weight excluding hydrogens is 332 g/mol. The van der Waals surface area contributed by atoms with Crippen molar-refractivity contribution in [1.29, 1.82) is 0 Å². The summed E-state index contributed by atoms with van der Waals surface area (Å²) in [4.78, 5) is 16.3. The Hall–Kier alpha value is -2.97. The fraction of sp³-hybridized carbons (Fsp3) is 0.100. The molecule has 0 saturated carbocycles. The van der Waals surface area contributed by atoms with Crippen LogP contribution in [0.1, 0.15) is 0 Å². The van der Waals surface area contributed by atoms with E-state index in [9.17, 15) is 4.79 Å². The first kappa shape index (κ1) is 16.9. The summed E-state index contributed by atoms with van der Waals surface area (Å²) in [6.45, 7) is 0.218. The van der Waals surface area contributed by atoms with Gasteiger partial charge < -0.3 is 9.73 Å². The average Bonchev–Trinajstić information content (AvgIpc) is 3.10. The zero-order valence-corrected chi connectivity index (χ0v) is 14.3. The third kappa shape index (κ3) is 4.31. The molecule has 0 spiro atoms. The van der Waals surface area contributed by atoms with Crippen molar-refractivity contribution < 1.29 is 9.21 Å². The SMILES string of the molecule is C#CCNC(=O)CSc1nc(-c2ccccc2)c(-c2ccccc2)o1. The van der Waals surface area contributed by atoms with E-state index in [0.29, 0.717) is 11.0 Å². The Bertz CT molecular complexity index is 826. The first-order valence-electron chi connectivity index (χ1n) is 7.72. The van der Waals surface area contributed by atoms with Crippen molar-refractivity contribution >= 4 is 17.7 Å². The molecule has 3 aromatic rings. The Morgan fingerprint density at radius 1 is 1.08 bits per heavy atom. The molecule has 2 aromatic carbocycles. The van der Waals surface area contributed by atoms with Crippen molar-refractivity contribution in [3.8, 4) is 34.9 Å². The van der Waals surface area contributed by atoms with Gasteiger partial charge in [-0.1, -0.05) is 78.3 Å². The van der Waals surface area contributed by atoms with Crippen molar-refractivity contribution in [3.63, 3.8) is 0 Å². The van der Waals surface area contributed by atoms with E-state index in [1.807, 2.05) is 60.7 Å². The van der Waals surface area contributed by atoms with Gasteiger partial charge in [0.1, 0.15) is 5.69 Å². The van der Waals surface area contributed by atoms with Crippen LogP contribution in [0, 0.1) is 12.3 Å².